The van der Waals surface area contributed by atoms with Gasteiger partial charge in [-0.1, -0.05) is 47.1 Å². The summed E-state index contributed by atoms with van der Waals surface area (Å²) >= 11 is 7.63. The minimum absolute atomic E-state index is 0.171. The van der Waals surface area contributed by atoms with Gasteiger partial charge in [0.15, 0.2) is 10.8 Å². The van der Waals surface area contributed by atoms with E-state index in [0.29, 0.717) is 32.7 Å². The van der Waals surface area contributed by atoms with Crippen LogP contribution in [0.5, 0.6) is 0 Å². The lowest BCUT2D eigenvalue weighted by Gasteiger charge is -2.14. The molecule has 0 fully saturated rings. The number of nitrogens with one attached hydrogen (secondary N) is 1. The fourth-order valence-electron chi connectivity index (χ4n) is 3.75. The number of thioether (sulfide) groups is 1. The van der Waals surface area contributed by atoms with Crippen LogP contribution in [0.25, 0.3) is 16.7 Å². The summed E-state index contributed by atoms with van der Waals surface area (Å²) in [5.74, 6) is 0.431. The SMILES string of the molecule is Cc1ccc(-n2ncc3c(=O)n4c(nc32)SCC4CC(=O)Nc2ccc(C)c(Cl)c2)cc1. The Kier molecular flexibility index (Phi) is 5.27. The lowest BCUT2D eigenvalue weighted by atomic mass is 10.2. The lowest BCUT2D eigenvalue weighted by Crippen LogP contribution is -2.27. The molecule has 0 spiro atoms. The van der Waals surface area contributed by atoms with Crippen LogP contribution in [0.3, 0.4) is 0 Å². The van der Waals surface area contributed by atoms with Crippen molar-refractivity contribution in [1.82, 2.24) is 19.3 Å². The number of carbonyl (C=O) groups excluding carboxylic acids is 1. The molecule has 32 heavy (non-hydrogen) atoms. The third-order valence-corrected chi connectivity index (χ3v) is 7.03. The molecule has 7 nitrogen and oxygen atoms in total. The third kappa shape index (κ3) is 3.69. The molecule has 1 atom stereocenters. The highest BCUT2D eigenvalue weighted by molar-refractivity contribution is 7.99. The van der Waals surface area contributed by atoms with Crippen molar-refractivity contribution in [3.05, 3.63) is 75.2 Å². The Morgan fingerprint density at radius 2 is 2.00 bits per heavy atom. The molecule has 0 bridgehead atoms. The molecule has 0 radical (unpaired) electrons. The zero-order valence-corrected chi connectivity index (χ0v) is 19.1. The van der Waals surface area contributed by atoms with E-state index in [4.69, 9.17) is 16.6 Å². The Labute approximate surface area is 193 Å². The highest BCUT2D eigenvalue weighted by Crippen LogP contribution is 2.33. The number of fused-ring (bicyclic) bond motifs is 2. The minimum atomic E-state index is -0.275. The van der Waals surface area contributed by atoms with Gasteiger partial charge in [-0.2, -0.15) is 5.10 Å². The molecular weight excluding hydrogens is 446 g/mol. The largest absolute Gasteiger partial charge is 0.326 e. The van der Waals surface area contributed by atoms with Gasteiger partial charge in [0.05, 0.1) is 17.9 Å². The van der Waals surface area contributed by atoms with Crippen molar-refractivity contribution >= 4 is 46.0 Å². The number of halogens is 1. The van der Waals surface area contributed by atoms with Gasteiger partial charge in [0.25, 0.3) is 5.56 Å². The van der Waals surface area contributed by atoms with E-state index in [-0.39, 0.29) is 23.9 Å². The summed E-state index contributed by atoms with van der Waals surface area (Å²) in [6.07, 6.45) is 1.72. The van der Waals surface area contributed by atoms with Gasteiger partial charge in [-0.3, -0.25) is 14.2 Å². The Bertz CT molecular complexity index is 1410. The Balaban J connectivity index is 1.43. The van der Waals surface area contributed by atoms with Crippen molar-refractivity contribution in [2.45, 2.75) is 31.5 Å². The first-order valence-electron chi connectivity index (χ1n) is 10.2. The van der Waals surface area contributed by atoms with Crippen molar-refractivity contribution < 1.29 is 4.79 Å². The van der Waals surface area contributed by atoms with Gasteiger partial charge < -0.3 is 5.32 Å². The second-order valence-corrected chi connectivity index (χ2v) is 9.27. The topological polar surface area (TPSA) is 81.8 Å². The number of anilines is 1. The molecule has 9 heteroatoms. The second kappa shape index (κ2) is 8.11. The number of amides is 1. The van der Waals surface area contributed by atoms with Gasteiger partial charge >= 0.3 is 0 Å². The minimum Gasteiger partial charge on any atom is -0.326 e. The summed E-state index contributed by atoms with van der Waals surface area (Å²) in [7, 11) is 0. The van der Waals surface area contributed by atoms with Gasteiger partial charge in [-0.15, -0.1) is 0 Å². The maximum atomic E-state index is 13.3. The van der Waals surface area contributed by atoms with Crippen molar-refractivity contribution in [3.63, 3.8) is 0 Å². The number of aromatic nitrogens is 4. The number of rotatable bonds is 4. The van der Waals surface area contributed by atoms with Gasteiger partial charge in [-0.05, 0) is 43.7 Å². The number of hydrogen-bond donors (Lipinski definition) is 1. The van der Waals surface area contributed by atoms with Crippen molar-refractivity contribution in [3.8, 4) is 5.69 Å². The fraction of sp³-hybridized carbons (Fsp3) is 0.217. The smallest absolute Gasteiger partial charge is 0.265 e. The normalized spacial score (nSPS) is 15.2. The fourth-order valence-corrected chi connectivity index (χ4v) is 5.06. The molecule has 0 aliphatic carbocycles. The van der Waals surface area contributed by atoms with E-state index in [0.717, 1.165) is 16.8 Å². The van der Waals surface area contributed by atoms with Crippen LogP contribution in [0.4, 0.5) is 5.69 Å². The molecule has 162 valence electrons. The number of nitrogens with zero attached hydrogens (tertiary/aromatic N) is 4. The molecule has 3 heterocycles. The number of hydrogen-bond acceptors (Lipinski definition) is 5. The van der Waals surface area contributed by atoms with Crippen molar-refractivity contribution in [2.24, 2.45) is 0 Å². The zero-order valence-electron chi connectivity index (χ0n) is 17.5. The molecule has 2 aromatic carbocycles. The Morgan fingerprint density at radius 1 is 1.22 bits per heavy atom. The summed E-state index contributed by atoms with van der Waals surface area (Å²) in [4.78, 5) is 30.6. The van der Waals surface area contributed by atoms with E-state index < -0.39 is 0 Å². The number of carbonyl (C=O) groups is 1. The second-order valence-electron chi connectivity index (χ2n) is 7.88. The summed E-state index contributed by atoms with van der Waals surface area (Å²) in [5.41, 5.74) is 3.92. The first-order chi connectivity index (χ1) is 15.4. The molecule has 1 aliphatic rings. The van der Waals surface area contributed by atoms with E-state index >= 15 is 0 Å². The molecular formula is C23H20ClN5O2S. The molecule has 1 amide bonds. The predicted molar refractivity (Wildman–Crippen MR) is 127 cm³/mol. The maximum absolute atomic E-state index is 13.3. The quantitative estimate of drug-likeness (QED) is 0.448. The highest BCUT2D eigenvalue weighted by atomic mass is 35.5. The Hall–Kier alpha value is -3.10. The van der Waals surface area contributed by atoms with E-state index in [1.54, 1.807) is 21.5 Å². The van der Waals surface area contributed by atoms with Crippen LogP contribution in [-0.2, 0) is 4.79 Å². The van der Waals surface area contributed by atoms with Crippen LogP contribution in [0.1, 0.15) is 23.6 Å². The molecule has 1 N–H and O–H groups in total. The van der Waals surface area contributed by atoms with Crippen molar-refractivity contribution in [1.29, 1.82) is 0 Å². The summed E-state index contributed by atoms with van der Waals surface area (Å²) < 4.78 is 3.30. The summed E-state index contributed by atoms with van der Waals surface area (Å²) in [6, 6.07) is 13.0. The lowest BCUT2D eigenvalue weighted by molar-refractivity contribution is -0.116. The molecule has 0 saturated carbocycles. The van der Waals surface area contributed by atoms with E-state index in [1.807, 2.05) is 50.2 Å². The van der Waals surface area contributed by atoms with Gasteiger partial charge in [-0.25, -0.2) is 9.67 Å². The summed E-state index contributed by atoms with van der Waals surface area (Å²) in [5, 5.41) is 8.90. The predicted octanol–water partition coefficient (Wildman–Crippen LogP) is 4.53. The maximum Gasteiger partial charge on any atom is 0.265 e. The van der Waals surface area contributed by atoms with Crippen LogP contribution >= 0.6 is 23.4 Å². The highest BCUT2D eigenvalue weighted by Gasteiger charge is 2.29. The third-order valence-electron chi connectivity index (χ3n) is 5.53. The standard InChI is InChI=1S/C23H20ClN5O2S/c1-13-3-7-16(8-4-13)29-21-18(11-25-29)22(31)28-17(12-32-23(28)27-21)10-20(30)26-15-6-5-14(2)19(24)9-15/h3-9,11,17H,10,12H2,1-2H3,(H,26,30). The first-order valence-corrected chi connectivity index (χ1v) is 11.5. The van der Waals surface area contributed by atoms with Gasteiger partial charge in [0.1, 0.15) is 5.39 Å². The first kappa shape index (κ1) is 20.8. The van der Waals surface area contributed by atoms with E-state index in [2.05, 4.69) is 10.4 Å². The average Bonchev–Trinajstić information content (AvgIpc) is 3.36. The van der Waals surface area contributed by atoms with Gasteiger partial charge in [0, 0.05) is 22.9 Å². The monoisotopic (exact) mass is 465 g/mol. The number of benzene rings is 2. The van der Waals surface area contributed by atoms with E-state index in [1.165, 1.54) is 11.8 Å². The molecule has 4 aromatic rings. The molecule has 5 rings (SSSR count). The van der Waals surface area contributed by atoms with Crippen LogP contribution in [0.15, 0.2) is 58.6 Å². The zero-order chi connectivity index (χ0) is 22.4. The van der Waals surface area contributed by atoms with Gasteiger partial charge in [0.2, 0.25) is 5.91 Å². The van der Waals surface area contributed by atoms with Crippen LogP contribution in [-0.4, -0.2) is 31.0 Å². The molecule has 1 aliphatic heterocycles. The van der Waals surface area contributed by atoms with Crippen molar-refractivity contribution in [2.75, 3.05) is 11.1 Å². The molecule has 2 aromatic heterocycles. The number of aryl methyl sites for hydroxylation is 2. The molecule has 0 saturated heterocycles. The van der Waals surface area contributed by atoms with E-state index in [9.17, 15) is 9.59 Å². The Morgan fingerprint density at radius 3 is 2.75 bits per heavy atom. The van der Waals surface area contributed by atoms with Crippen LogP contribution in [0, 0.1) is 13.8 Å². The average molecular weight is 466 g/mol. The summed E-state index contributed by atoms with van der Waals surface area (Å²) in [6.45, 7) is 3.92. The van der Waals surface area contributed by atoms with Crippen LogP contribution < -0.4 is 10.9 Å². The molecule has 1 unspecified atom stereocenters. The van der Waals surface area contributed by atoms with Crippen LogP contribution in [0.2, 0.25) is 5.02 Å².